The summed E-state index contributed by atoms with van der Waals surface area (Å²) in [5.74, 6) is 0.260. The van der Waals surface area contributed by atoms with Gasteiger partial charge in [0.05, 0.1) is 42.2 Å². The van der Waals surface area contributed by atoms with Crippen LogP contribution in [0.25, 0.3) is 11.3 Å². The second-order valence-electron chi connectivity index (χ2n) is 7.30. The number of nitrogens with one attached hydrogen (secondary N) is 1. The molecule has 0 bridgehead atoms. The molecular weight excluding hydrogens is 396 g/mol. The number of rotatable bonds is 6. The molecule has 1 aliphatic heterocycles. The fourth-order valence-electron chi connectivity index (χ4n) is 3.49. The smallest absolute Gasteiger partial charge is 0.234 e. The maximum absolute atomic E-state index is 12.6. The molecule has 0 spiro atoms. The third-order valence-corrected chi connectivity index (χ3v) is 6.20. The van der Waals surface area contributed by atoms with Crippen molar-refractivity contribution >= 4 is 29.0 Å². The van der Waals surface area contributed by atoms with E-state index in [9.17, 15) is 4.79 Å². The molecule has 1 aromatic heterocycles. The van der Waals surface area contributed by atoms with Crippen molar-refractivity contribution in [1.29, 1.82) is 0 Å². The highest BCUT2D eigenvalue weighted by molar-refractivity contribution is 7.99. The topological polar surface area (TPSA) is 59.4 Å². The number of morpholine rings is 1. The molecule has 0 saturated carbocycles. The number of carbonyl (C=O) groups excluding carboxylic acids is 1. The molecule has 6 nitrogen and oxygen atoms in total. The van der Waals surface area contributed by atoms with Gasteiger partial charge in [0, 0.05) is 20.1 Å². The number of nitrogens with zero attached hydrogens (tertiary/aromatic N) is 3. The molecule has 1 N–H and O–H groups in total. The summed E-state index contributed by atoms with van der Waals surface area (Å²) >= 11 is 1.44. The van der Waals surface area contributed by atoms with Crippen molar-refractivity contribution < 1.29 is 9.53 Å². The van der Waals surface area contributed by atoms with Crippen LogP contribution < -0.4 is 10.2 Å². The van der Waals surface area contributed by atoms with E-state index >= 15 is 0 Å². The molecule has 3 aromatic rings. The summed E-state index contributed by atoms with van der Waals surface area (Å²) in [5, 5.41) is 3.88. The number of amides is 1. The Balaban J connectivity index is 1.40. The Bertz CT molecular complexity index is 1010. The standard InChI is InChI=1S/C23H26N4O2S/c1-17-7-9-18(10-8-17)21-15-24-23(26(21)2)30-16-22(28)25-19-5-3-4-6-20(19)27-11-13-29-14-12-27/h3-10,15H,11-14,16H2,1-2H3,(H,25,28). The van der Waals surface area contributed by atoms with E-state index in [4.69, 9.17) is 4.74 Å². The van der Waals surface area contributed by atoms with Gasteiger partial charge in [-0.05, 0) is 24.6 Å². The first kappa shape index (κ1) is 20.5. The average Bonchev–Trinajstić information content (AvgIpc) is 3.14. The van der Waals surface area contributed by atoms with Gasteiger partial charge in [-0.2, -0.15) is 0 Å². The number of aryl methyl sites for hydroxylation is 1. The number of benzene rings is 2. The summed E-state index contributed by atoms with van der Waals surface area (Å²) in [7, 11) is 1.98. The SMILES string of the molecule is Cc1ccc(-c2cnc(SCC(=O)Nc3ccccc3N3CCOCC3)n2C)cc1. The number of carbonyl (C=O) groups is 1. The van der Waals surface area contributed by atoms with Crippen molar-refractivity contribution in [3.63, 3.8) is 0 Å². The highest BCUT2D eigenvalue weighted by atomic mass is 32.2. The number of anilines is 2. The third-order valence-electron chi connectivity index (χ3n) is 5.16. The Kier molecular flexibility index (Phi) is 6.40. The molecule has 0 radical (unpaired) electrons. The predicted molar refractivity (Wildman–Crippen MR) is 122 cm³/mol. The van der Waals surface area contributed by atoms with Crippen LogP contribution in [0.3, 0.4) is 0 Å². The van der Waals surface area contributed by atoms with Crippen LogP contribution in [-0.2, 0) is 16.6 Å². The summed E-state index contributed by atoms with van der Waals surface area (Å²) in [6.45, 7) is 5.15. The number of hydrogen-bond donors (Lipinski definition) is 1. The largest absolute Gasteiger partial charge is 0.378 e. The van der Waals surface area contributed by atoms with Crippen LogP contribution in [0.5, 0.6) is 0 Å². The van der Waals surface area contributed by atoms with Crippen molar-refractivity contribution in [2.75, 3.05) is 42.3 Å². The maximum atomic E-state index is 12.6. The lowest BCUT2D eigenvalue weighted by Crippen LogP contribution is -2.36. The third kappa shape index (κ3) is 4.68. The Morgan fingerprint density at radius 2 is 1.87 bits per heavy atom. The summed E-state index contributed by atoms with van der Waals surface area (Å²) < 4.78 is 7.47. The van der Waals surface area contributed by atoms with E-state index in [2.05, 4.69) is 46.4 Å². The summed E-state index contributed by atoms with van der Waals surface area (Å²) in [5.41, 5.74) is 5.26. The quantitative estimate of drug-likeness (QED) is 0.610. The summed E-state index contributed by atoms with van der Waals surface area (Å²) in [6.07, 6.45) is 1.86. The van der Waals surface area contributed by atoms with Crippen molar-refractivity contribution in [1.82, 2.24) is 9.55 Å². The lowest BCUT2D eigenvalue weighted by Gasteiger charge is -2.30. The van der Waals surface area contributed by atoms with Gasteiger partial charge < -0.3 is 19.5 Å². The van der Waals surface area contributed by atoms with E-state index in [1.54, 1.807) is 0 Å². The van der Waals surface area contributed by atoms with Crippen LogP contribution in [0, 0.1) is 6.92 Å². The Labute approximate surface area is 181 Å². The fourth-order valence-corrected chi connectivity index (χ4v) is 4.25. The van der Waals surface area contributed by atoms with Gasteiger partial charge in [0.15, 0.2) is 5.16 Å². The van der Waals surface area contributed by atoms with E-state index in [0.29, 0.717) is 19.0 Å². The molecule has 0 atom stereocenters. The molecule has 2 aromatic carbocycles. The number of aromatic nitrogens is 2. The summed E-state index contributed by atoms with van der Waals surface area (Å²) in [6, 6.07) is 16.3. The van der Waals surface area contributed by atoms with Crippen LogP contribution in [0.15, 0.2) is 59.9 Å². The minimum absolute atomic E-state index is 0.0411. The van der Waals surface area contributed by atoms with Crippen LogP contribution in [0.2, 0.25) is 0 Å². The van der Waals surface area contributed by atoms with Gasteiger partial charge in [-0.15, -0.1) is 0 Å². The Morgan fingerprint density at radius 3 is 2.63 bits per heavy atom. The lowest BCUT2D eigenvalue weighted by atomic mass is 10.1. The second kappa shape index (κ2) is 9.36. The molecule has 1 aliphatic rings. The normalized spacial score (nSPS) is 14.0. The van der Waals surface area contributed by atoms with Crippen LogP contribution >= 0.6 is 11.8 Å². The Hall–Kier alpha value is -2.77. The van der Waals surface area contributed by atoms with Crippen LogP contribution in [0.4, 0.5) is 11.4 Å². The van der Waals surface area contributed by atoms with E-state index in [1.165, 1.54) is 17.3 Å². The molecule has 1 fully saturated rings. The van der Waals surface area contributed by atoms with E-state index in [1.807, 2.05) is 42.1 Å². The highest BCUT2D eigenvalue weighted by Crippen LogP contribution is 2.28. The minimum atomic E-state index is -0.0411. The lowest BCUT2D eigenvalue weighted by molar-refractivity contribution is -0.113. The van der Waals surface area contributed by atoms with Gasteiger partial charge in [0.2, 0.25) is 5.91 Å². The predicted octanol–water partition coefficient (Wildman–Crippen LogP) is 3.96. The van der Waals surface area contributed by atoms with Crippen LogP contribution in [0.1, 0.15) is 5.56 Å². The molecule has 156 valence electrons. The van der Waals surface area contributed by atoms with E-state index in [0.717, 1.165) is 40.9 Å². The first-order chi connectivity index (χ1) is 14.6. The fraction of sp³-hybridized carbons (Fsp3) is 0.304. The molecular formula is C23H26N4O2S. The van der Waals surface area contributed by atoms with Crippen molar-refractivity contribution in [2.45, 2.75) is 12.1 Å². The average molecular weight is 423 g/mol. The van der Waals surface area contributed by atoms with Crippen molar-refractivity contribution in [3.8, 4) is 11.3 Å². The number of thioether (sulfide) groups is 1. The number of imidazole rings is 1. The second-order valence-corrected chi connectivity index (χ2v) is 8.25. The molecule has 30 heavy (non-hydrogen) atoms. The molecule has 1 amide bonds. The molecule has 0 aliphatic carbocycles. The number of ether oxygens (including phenoxy) is 1. The minimum Gasteiger partial charge on any atom is -0.378 e. The first-order valence-electron chi connectivity index (χ1n) is 10.0. The van der Waals surface area contributed by atoms with Gasteiger partial charge in [0.1, 0.15) is 0 Å². The van der Waals surface area contributed by atoms with Gasteiger partial charge >= 0.3 is 0 Å². The van der Waals surface area contributed by atoms with Crippen molar-refractivity contribution in [2.24, 2.45) is 7.05 Å². The van der Waals surface area contributed by atoms with Crippen molar-refractivity contribution in [3.05, 3.63) is 60.3 Å². The van der Waals surface area contributed by atoms with Gasteiger partial charge in [-0.1, -0.05) is 53.7 Å². The molecule has 4 rings (SSSR count). The molecule has 0 unspecified atom stereocenters. The summed E-state index contributed by atoms with van der Waals surface area (Å²) in [4.78, 5) is 19.4. The van der Waals surface area contributed by atoms with Gasteiger partial charge in [-0.25, -0.2) is 4.98 Å². The molecule has 1 saturated heterocycles. The highest BCUT2D eigenvalue weighted by Gasteiger charge is 2.16. The number of hydrogen-bond acceptors (Lipinski definition) is 5. The first-order valence-corrected chi connectivity index (χ1v) is 11.0. The maximum Gasteiger partial charge on any atom is 0.234 e. The monoisotopic (exact) mass is 422 g/mol. The Morgan fingerprint density at radius 1 is 1.13 bits per heavy atom. The zero-order valence-electron chi connectivity index (χ0n) is 17.3. The van der Waals surface area contributed by atoms with Gasteiger partial charge in [0.25, 0.3) is 0 Å². The molecule has 7 heteroatoms. The van der Waals surface area contributed by atoms with E-state index in [-0.39, 0.29) is 5.91 Å². The van der Waals surface area contributed by atoms with Crippen LogP contribution in [-0.4, -0.2) is 47.5 Å². The van der Waals surface area contributed by atoms with E-state index < -0.39 is 0 Å². The van der Waals surface area contributed by atoms with Gasteiger partial charge in [-0.3, -0.25) is 4.79 Å². The number of para-hydroxylation sites is 2. The zero-order chi connectivity index (χ0) is 20.9. The zero-order valence-corrected chi connectivity index (χ0v) is 18.1. The molecule has 2 heterocycles.